The van der Waals surface area contributed by atoms with Gasteiger partial charge in [-0.05, 0) is 80.4 Å². The molecule has 8 nitrogen and oxygen atoms in total. The number of fused-ring (bicyclic) bond motifs is 5. The Kier molecular flexibility index (Phi) is 5.19. The average Bonchev–Trinajstić information content (AvgIpc) is 3.27. The zero-order valence-corrected chi connectivity index (χ0v) is 22.5. The summed E-state index contributed by atoms with van der Waals surface area (Å²) in [6, 6.07) is 2.74. The summed E-state index contributed by atoms with van der Waals surface area (Å²) in [7, 11) is 0. The molecule has 1 aromatic carbocycles. The second-order valence-electron chi connectivity index (χ2n) is 11.3. The molecule has 2 aliphatic heterocycles. The van der Waals surface area contributed by atoms with Crippen LogP contribution in [0.4, 0.5) is 4.39 Å². The van der Waals surface area contributed by atoms with Crippen molar-refractivity contribution in [3.05, 3.63) is 61.7 Å². The van der Waals surface area contributed by atoms with E-state index in [0.29, 0.717) is 59.3 Å². The highest BCUT2D eigenvalue weighted by molar-refractivity contribution is 7.80. The van der Waals surface area contributed by atoms with Gasteiger partial charge in [-0.3, -0.25) is 9.59 Å². The Morgan fingerprint density at radius 3 is 2.74 bits per heavy atom. The van der Waals surface area contributed by atoms with Gasteiger partial charge in [-0.1, -0.05) is 6.92 Å². The number of benzene rings is 1. The van der Waals surface area contributed by atoms with Gasteiger partial charge in [-0.15, -0.1) is 0 Å². The lowest BCUT2D eigenvalue weighted by molar-refractivity contribution is -0.149. The van der Waals surface area contributed by atoms with Crippen LogP contribution < -0.4 is 10.9 Å². The molecule has 2 atom stereocenters. The van der Waals surface area contributed by atoms with E-state index in [9.17, 15) is 19.8 Å². The maximum absolute atomic E-state index is 15.0. The summed E-state index contributed by atoms with van der Waals surface area (Å²) >= 11 is 5.32. The number of hydrogen-bond donors (Lipinski definition) is 3. The molecule has 0 unspecified atom stereocenters. The number of pyridine rings is 2. The molecule has 0 spiro atoms. The molecule has 1 amide bonds. The van der Waals surface area contributed by atoms with Gasteiger partial charge in [0.2, 0.25) is 0 Å². The SMILES string of the molecule is CC[C@@]1(O)C(=S)OCc2c1cc1n(c2=O)Cc2c-1nc1cc(F)c(C)c3c1c2[C@@H](NC(=O)C1(O)CCC1)CC3. The lowest BCUT2D eigenvalue weighted by Crippen LogP contribution is -2.52. The summed E-state index contributed by atoms with van der Waals surface area (Å²) in [5.74, 6) is -0.757. The standard InChI is InChI=1S/C29H28FN3O5S/c1-3-29(37)17-9-21-24-15(11-33(21)25(34)16(17)12-38-27(29)39)23-19(32-26(35)28(36)7-4-8-28)6-5-14-13(2)18(30)10-20(31-24)22(14)23/h9-10,19,36-37H,3-8,11-12H2,1-2H3,(H,32,35)/t19-,29-/m0/s1. The molecule has 7 rings (SSSR count). The number of thiocarbonyl (C=S) groups is 1. The van der Waals surface area contributed by atoms with Crippen LogP contribution in [0.5, 0.6) is 0 Å². The average molecular weight is 550 g/mol. The number of aryl methyl sites for hydroxylation is 1. The first kappa shape index (κ1) is 24.8. The van der Waals surface area contributed by atoms with Crippen LogP contribution in [0.15, 0.2) is 16.9 Å². The van der Waals surface area contributed by atoms with Crippen LogP contribution in [0, 0.1) is 12.7 Å². The van der Waals surface area contributed by atoms with Crippen molar-refractivity contribution in [3.8, 4) is 11.4 Å². The van der Waals surface area contributed by atoms with Crippen molar-refractivity contribution in [2.24, 2.45) is 0 Å². The second kappa shape index (κ2) is 8.16. The summed E-state index contributed by atoms with van der Waals surface area (Å²) in [5.41, 5.74) is 1.99. The lowest BCUT2D eigenvalue weighted by atomic mass is 9.78. The fraction of sp³-hybridized carbons (Fsp3) is 0.448. The molecule has 0 bridgehead atoms. The van der Waals surface area contributed by atoms with Gasteiger partial charge in [-0.2, -0.15) is 0 Å². The molecule has 202 valence electrons. The number of ether oxygens (including phenoxy) is 1. The van der Waals surface area contributed by atoms with Gasteiger partial charge >= 0.3 is 0 Å². The Morgan fingerprint density at radius 2 is 2.05 bits per heavy atom. The molecule has 39 heavy (non-hydrogen) atoms. The van der Waals surface area contributed by atoms with Gasteiger partial charge in [0.15, 0.2) is 10.7 Å². The number of aliphatic hydroxyl groups is 2. The molecule has 2 aliphatic carbocycles. The first-order valence-corrected chi connectivity index (χ1v) is 13.8. The number of rotatable bonds is 3. The third-order valence-electron chi connectivity index (χ3n) is 9.29. The van der Waals surface area contributed by atoms with Crippen LogP contribution in [-0.2, 0) is 34.7 Å². The number of carbonyl (C=O) groups is 1. The maximum atomic E-state index is 15.0. The van der Waals surface area contributed by atoms with Gasteiger partial charge in [0.1, 0.15) is 18.0 Å². The van der Waals surface area contributed by atoms with Gasteiger partial charge in [0.25, 0.3) is 11.5 Å². The van der Waals surface area contributed by atoms with Crippen molar-refractivity contribution >= 4 is 34.1 Å². The van der Waals surface area contributed by atoms with E-state index in [1.54, 1.807) is 24.5 Å². The smallest absolute Gasteiger partial charge is 0.258 e. The molecule has 10 heteroatoms. The summed E-state index contributed by atoms with van der Waals surface area (Å²) in [4.78, 5) is 31.7. The van der Waals surface area contributed by atoms with E-state index in [0.717, 1.165) is 28.5 Å². The molecule has 1 saturated carbocycles. The Morgan fingerprint density at radius 1 is 1.28 bits per heavy atom. The first-order chi connectivity index (χ1) is 18.6. The van der Waals surface area contributed by atoms with Crippen LogP contribution in [0.25, 0.3) is 22.3 Å². The molecule has 0 saturated heterocycles. The van der Waals surface area contributed by atoms with Gasteiger partial charge in [-0.25, -0.2) is 9.37 Å². The lowest BCUT2D eigenvalue weighted by Gasteiger charge is -2.37. The number of halogens is 1. The highest BCUT2D eigenvalue weighted by Crippen LogP contribution is 2.46. The minimum atomic E-state index is -1.59. The minimum Gasteiger partial charge on any atom is -0.479 e. The van der Waals surface area contributed by atoms with E-state index in [4.69, 9.17) is 21.9 Å². The van der Waals surface area contributed by atoms with Gasteiger partial charge in [0.05, 0.1) is 35.1 Å². The number of carbonyl (C=O) groups excluding carboxylic acids is 1. The van der Waals surface area contributed by atoms with E-state index in [2.05, 4.69) is 5.32 Å². The Balaban J connectivity index is 1.47. The molecule has 3 aromatic rings. The Labute approximate surface area is 228 Å². The van der Waals surface area contributed by atoms with Crippen molar-refractivity contribution in [2.75, 3.05) is 0 Å². The molecule has 4 aliphatic rings. The zero-order chi connectivity index (χ0) is 27.4. The predicted octanol–water partition coefficient (Wildman–Crippen LogP) is 3.35. The zero-order valence-electron chi connectivity index (χ0n) is 21.7. The molecule has 3 N–H and O–H groups in total. The highest BCUT2D eigenvalue weighted by Gasteiger charge is 2.45. The number of amides is 1. The molecule has 2 aromatic heterocycles. The fourth-order valence-electron chi connectivity index (χ4n) is 6.73. The van der Waals surface area contributed by atoms with Gasteiger partial charge < -0.3 is 24.8 Å². The van der Waals surface area contributed by atoms with E-state index < -0.39 is 23.2 Å². The van der Waals surface area contributed by atoms with Gasteiger partial charge in [0, 0.05) is 22.6 Å². The Hall–Kier alpha value is -3.21. The molecule has 4 heterocycles. The van der Waals surface area contributed by atoms with Crippen molar-refractivity contribution in [1.29, 1.82) is 0 Å². The molecular weight excluding hydrogens is 521 g/mol. The monoisotopic (exact) mass is 549 g/mol. The second-order valence-corrected chi connectivity index (χ2v) is 11.6. The van der Waals surface area contributed by atoms with Crippen LogP contribution in [-0.4, -0.2) is 36.3 Å². The van der Waals surface area contributed by atoms with Crippen LogP contribution in [0.2, 0.25) is 0 Å². The maximum Gasteiger partial charge on any atom is 0.258 e. The number of nitrogens with one attached hydrogen (secondary N) is 1. The normalized spacial score (nSPS) is 23.9. The predicted molar refractivity (Wildman–Crippen MR) is 145 cm³/mol. The first-order valence-electron chi connectivity index (χ1n) is 13.4. The van der Waals surface area contributed by atoms with Crippen molar-refractivity contribution < 1.29 is 24.1 Å². The third kappa shape index (κ3) is 3.22. The van der Waals surface area contributed by atoms with E-state index in [1.165, 1.54) is 6.07 Å². The topological polar surface area (TPSA) is 114 Å². The summed E-state index contributed by atoms with van der Waals surface area (Å²) < 4.78 is 22.2. The van der Waals surface area contributed by atoms with Crippen molar-refractivity contribution in [3.63, 3.8) is 0 Å². The van der Waals surface area contributed by atoms with E-state index in [-0.39, 0.29) is 36.0 Å². The summed E-state index contributed by atoms with van der Waals surface area (Å²) in [5, 5.41) is 26.0. The largest absolute Gasteiger partial charge is 0.479 e. The van der Waals surface area contributed by atoms with E-state index >= 15 is 4.39 Å². The van der Waals surface area contributed by atoms with Crippen molar-refractivity contribution in [2.45, 2.75) is 82.8 Å². The quantitative estimate of drug-likeness (QED) is 0.336. The highest BCUT2D eigenvalue weighted by atomic mass is 32.1. The summed E-state index contributed by atoms with van der Waals surface area (Å²) in [6.07, 6.45) is 2.96. The summed E-state index contributed by atoms with van der Waals surface area (Å²) in [6.45, 7) is 3.71. The van der Waals surface area contributed by atoms with Crippen LogP contribution in [0.3, 0.4) is 0 Å². The third-order valence-corrected chi connectivity index (χ3v) is 9.74. The molecule has 0 radical (unpaired) electrons. The van der Waals surface area contributed by atoms with Crippen LogP contribution in [0.1, 0.15) is 78.5 Å². The van der Waals surface area contributed by atoms with Crippen LogP contribution >= 0.6 is 12.2 Å². The number of hydrogen-bond acceptors (Lipinski definition) is 7. The number of nitrogens with zero attached hydrogens (tertiary/aromatic N) is 2. The molecule has 1 fully saturated rings. The molecular formula is C29H28FN3O5S. The number of aromatic nitrogens is 2. The minimum absolute atomic E-state index is 0.0278. The van der Waals surface area contributed by atoms with E-state index in [1.807, 2.05) is 0 Å². The fourth-order valence-corrected chi connectivity index (χ4v) is 7.04. The Bertz CT molecular complexity index is 1710. The van der Waals surface area contributed by atoms with Crippen molar-refractivity contribution in [1.82, 2.24) is 14.9 Å².